The zero-order chi connectivity index (χ0) is 13.3. The van der Waals surface area contributed by atoms with Gasteiger partial charge in [0.1, 0.15) is 5.69 Å². The van der Waals surface area contributed by atoms with E-state index in [1.54, 1.807) is 12.1 Å². The van der Waals surface area contributed by atoms with Crippen molar-refractivity contribution in [2.75, 3.05) is 11.1 Å². The smallest absolute Gasteiger partial charge is 0.150 e. The molecule has 94 valence electrons. The van der Waals surface area contributed by atoms with E-state index in [-0.39, 0.29) is 5.69 Å². The minimum absolute atomic E-state index is 0.209. The molecule has 3 N–H and O–H groups in total. The van der Waals surface area contributed by atoms with E-state index >= 15 is 0 Å². The quantitative estimate of drug-likeness (QED) is 0.808. The summed E-state index contributed by atoms with van der Waals surface area (Å²) in [6.45, 7) is 1.81. The predicted octanol–water partition coefficient (Wildman–Crippen LogP) is 4.36. The summed E-state index contributed by atoms with van der Waals surface area (Å²) in [6, 6.07) is 7.65. The van der Waals surface area contributed by atoms with Crippen LogP contribution in [0.25, 0.3) is 0 Å². The summed E-state index contributed by atoms with van der Waals surface area (Å²) in [4.78, 5) is 0. The molecule has 0 bridgehead atoms. The normalized spacial score (nSPS) is 10.4. The van der Waals surface area contributed by atoms with Gasteiger partial charge in [-0.3, -0.25) is 0 Å². The van der Waals surface area contributed by atoms with E-state index in [0.717, 1.165) is 5.56 Å². The molecular weight excluding hydrogens is 302 g/mol. The predicted molar refractivity (Wildman–Crippen MR) is 72.9 cm³/mol. The molecule has 0 heterocycles. The van der Waals surface area contributed by atoms with E-state index in [4.69, 9.17) is 5.73 Å². The van der Waals surface area contributed by atoms with Crippen LogP contribution < -0.4 is 11.1 Å². The lowest BCUT2D eigenvalue weighted by atomic mass is 10.1. The summed E-state index contributed by atoms with van der Waals surface area (Å²) >= 11 is 3.03. The number of nitrogens with one attached hydrogen (secondary N) is 1. The first kappa shape index (κ1) is 12.8. The Bertz CT molecular complexity index is 556. The van der Waals surface area contributed by atoms with E-state index in [1.807, 2.05) is 13.0 Å². The van der Waals surface area contributed by atoms with Crippen LogP contribution in [0.1, 0.15) is 5.56 Å². The minimum Gasteiger partial charge on any atom is -0.397 e. The van der Waals surface area contributed by atoms with Crippen LogP contribution in [-0.2, 0) is 0 Å². The van der Waals surface area contributed by atoms with Crippen LogP contribution >= 0.6 is 15.9 Å². The van der Waals surface area contributed by atoms with Gasteiger partial charge in [0.05, 0.1) is 11.4 Å². The second-order valence-corrected chi connectivity index (χ2v) is 4.82. The van der Waals surface area contributed by atoms with Gasteiger partial charge >= 0.3 is 0 Å². The number of nitrogen functional groups attached to an aromatic ring is 1. The molecule has 0 saturated carbocycles. The molecule has 2 aromatic carbocycles. The van der Waals surface area contributed by atoms with Gasteiger partial charge in [0.25, 0.3) is 0 Å². The number of hydrogen-bond donors (Lipinski definition) is 2. The van der Waals surface area contributed by atoms with Crippen LogP contribution in [0.2, 0.25) is 0 Å². The highest BCUT2D eigenvalue weighted by Crippen LogP contribution is 2.31. The van der Waals surface area contributed by atoms with Crippen molar-refractivity contribution in [3.63, 3.8) is 0 Å². The molecular formula is C13H11BrF2N2. The Hall–Kier alpha value is -1.62. The largest absolute Gasteiger partial charge is 0.397 e. The zero-order valence-electron chi connectivity index (χ0n) is 9.60. The third kappa shape index (κ3) is 2.46. The fourth-order valence-corrected chi connectivity index (χ4v) is 2.05. The number of rotatable bonds is 2. The molecule has 0 saturated heterocycles. The van der Waals surface area contributed by atoms with Crippen molar-refractivity contribution in [3.8, 4) is 0 Å². The molecule has 0 spiro atoms. The summed E-state index contributed by atoms with van der Waals surface area (Å²) in [5.41, 5.74) is 7.34. The van der Waals surface area contributed by atoms with Crippen molar-refractivity contribution in [2.45, 2.75) is 6.92 Å². The lowest BCUT2D eigenvalue weighted by molar-refractivity contribution is 0.589. The van der Waals surface area contributed by atoms with Crippen molar-refractivity contribution in [2.24, 2.45) is 0 Å². The molecule has 5 heteroatoms. The Kier molecular flexibility index (Phi) is 3.52. The first-order chi connectivity index (χ1) is 8.49. The Morgan fingerprint density at radius 1 is 1.11 bits per heavy atom. The van der Waals surface area contributed by atoms with Gasteiger partial charge in [0.15, 0.2) is 11.6 Å². The molecule has 0 aromatic heterocycles. The number of nitrogens with two attached hydrogens (primary N) is 1. The van der Waals surface area contributed by atoms with Gasteiger partial charge in [-0.05, 0) is 30.7 Å². The van der Waals surface area contributed by atoms with Crippen LogP contribution in [0.3, 0.4) is 0 Å². The van der Waals surface area contributed by atoms with Gasteiger partial charge in [-0.1, -0.05) is 28.1 Å². The highest BCUT2D eigenvalue weighted by molar-refractivity contribution is 9.10. The fraction of sp³-hybridized carbons (Fsp3) is 0.0769. The minimum atomic E-state index is -0.676. The maximum atomic E-state index is 13.7. The standard InChI is InChI=1S/C13H11BrF2N2/c1-7-3-2-4-11(17)12(7)18-13-9(15)5-8(14)6-10(13)16/h2-6,18H,17H2,1H3. The third-order valence-electron chi connectivity index (χ3n) is 2.56. The summed E-state index contributed by atoms with van der Waals surface area (Å²) in [7, 11) is 0. The highest BCUT2D eigenvalue weighted by atomic mass is 79.9. The van der Waals surface area contributed by atoms with Crippen molar-refractivity contribution < 1.29 is 8.78 Å². The molecule has 18 heavy (non-hydrogen) atoms. The molecule has 0 aliphatic rings. The van der Waals surface area contributed by atoms with Crippen molar-refractivity contribution in [1.29, 1.82) is 0 Å². The average Bonchev–Trinajstić information content (AvgIpc) is 2.26. The summed E-state index contributed by atoms with van der Waals surface area (Å²) in [5.74, 6) is -1.35. The van der Waals surface area contributed by atoms with Gasteiger partial charge in [-0.25, -0.2) is 8.78 Å². The zero-order valence-corrected chi connectivity index (χ0v) is 11.2. The molecule has 0 fully saturated rings. The molecule has 0 aliphatic carbocycles. The number of anilines is 3. The Morgan fingerprint density at radius 2 is 1.72 bits per heavy atom. The lowest BCUT2D eigenvalue weighted by Crippen LogP contribution is -2.02. The van der Waals surface area contributed by atoms with Crippen LogP contribution in [0.4, 0.5) is 25.8 Å². The van der Waals surface area contributed by atoms with Crippen LogP contribution in [0, 0.1) is 18.6 Å². The van der Waals surface area contributed by atoms with Gasteiger partial charge < -0.3 is 11.1 Å². The number of aryl methyl sites for hydroxylation is 1. The maximum Gasteiger partial charge on any atom is 0.150 e. The Labute approximate surface area is 112 Å². The summed E-state index contributed by atoms with van der Waals surface area (Å²) < 4.78 is 27.7. The van der Waals surface area contributed by atoms with E-state index < -0.39 is 11.6 Å². The van der Waals surface area contributed by atoms with Crippen molar-refractivity contribution in [1.82, 2.24) is 0 Å². The molecule has 0 amide bonds. The number of hydrogen-bond acceptors (Lipinski definition) is 2. The molecule has 2 aromatic rings. The molecule has 2 rings (SSSR count). The number of benzene rings is 2. The number of para-hydroxylation sites is 1. The van der Waals surface area contributed by atoms with Gasteiger partial charge in [-0.2, -0.15) is 0 Å². The van der Waals surface area contributed by atoms with Gasteiger partial charge in [0.2, 0.25) is 0 Å². The second-order valence-electron chi connectivity index (χ2n) is 3.91. The first-order valence-corrected chi connectivity index (χ1v) is 6.05. The Balaban J connectivity index is 2.47. The topological polar surface area (TPSA) is 38.0 Å². The van der Waals surface area contributed by atoms with Crippen LogP contribution in [0.5, 0.6) is 0 Å². The SMILES string of the molecule is Cc1cccc(N)c1Nc1c(F)cc(Br)cc1F. The van der Waals surface area contributed by atoms with E-state index in [1.165, 1.54) is 12.1 Å². The summed E-state index contributed by atoms with van der Waals surface area (Å²) in [6.07, 6.45) is 0. The van der Waals surface area contributed by atoms with Crippen molar-refractivity contribution >= 4 is 33.0 Å². The van der Waals surface area contributed by atoms with Crippen LogP contribution in [0.15, 0.2) is 34.8 Å². The maximum absolute atomic E-state index is 13.7. The Morgan fingerprint density at radius 3 is 2.28 bits per heavy atom. The van der Waals surface area contributed by atoms with Crippen LogP contribution in [-0.4, -0.2) is 0 Å². The molecule has 0 unspecified atom stereocenters. The first-order valence-electron chi connectivity index (χ1n) is 5.25. The average molecular weight is 313 g/mol. The lowest BCUT2D eigenvalue weighted by Gasteiger charge is -2.13. The van der Waals surface area contributed by atoms with E-state index in [2.05, 4.69) is 21.2 Å². The van der Waals surface area contributed by atoms with Gasteiger partial charge in [0, 0.05) is 4.47 Å². The molecule has 2 nitrogen and oxygen atoms in total. The second kappa shape index (κ2) is 4.94. The molecule has 0 aliphatic heterocycles. The monoisotopic (exact) mass is 312 g/mol. The summed E-state index contributed by atoms with van der Waals surface area (Å²) in [5, 5.41) is 2.71. The molecule has 0 atom stereocenters. The van der Waals surface area contributed by atoms with Gasteiger partial charge in [-0.15, -0.1) is 0 Å². The highest BCUT2D eigenvalue weighted by Gasteiger charge is 2.13. The third-order valence-corrected chi connectivity index (χ3v) is 3.02. The van der Waals surface area contributed by atoms with E-state index in [0.29, 0.717) is 15.8 Å². The number of halogens is 3. The van der Waals surface area contributed by atoms with Crippen molar-refractivity contribution in [3.05, 3.63) is 52.0 Å². The van der Waals surface area contributed by atoms with E-state index in [9.17, 15) is 8.78 Å². The fourth-order valence-electron chi connectivity index (χ4n) is 1.65. The molecule has 0 radical (unpaired) electrons.